The fourth-order valence-electron chi connectivity index (χ4n) is 1.60. The molecule has 1 aromatic heterocycles. The van der Waals surface area contributed by atoms with E-state index in [1.54, 1.807) is 38.1 Å². The average molecular weight is 291 g/mol. The second-order valence-electron chi connectivity index (χ2n) is 3.91. The molecule has 7 heteroatoms. The molecule has 2 aromatic rings. The molecule has 0 unspecified atom stereocenters. The number of aromatic nitrogens is 2. The fraction of sp³-hybridized carbons (Fsp3) is 0.231. The van der Waals surface area contributed by atoms with E-state index in [-0.39, 0.29) is 12.5 Å². The summed E-state index contributed by atoms with van der Waals surface area (Å²) in [5.41, 5.74) is 1.28. The summed E-state index contributed by atoms with van der Waals surface area (Å²) in [6.07, 6.45) is 0. The average Bonchev–Trinajstić information content (AvgIpc) is 2.86. The molecule has 1 amide bonds. The molecule has 0 aliphatic heterocycles. The Morgan fingerprint density at radius 3 is 2.75 bits per heavy atom. The summed E-state index contributed by atoms with van der Waals surface area (Å²) in [6.45, 7) is 3.71. The van der Waals surface area contributed by atoms with Gasteiger partial charge in [-0.1, -0.05) is 16.6 Å². The number of ether oxygens (including phenoxy) is 1. The highest BCUT2D eigenvalue weighted by Gasteiger charge is 2.17. The van der Waals surface area contributed by atoms with Crippen LogP contribution in [0.1, 0.15) is 32.6 Å². The summed E-state index contributed by atoms with van der Waals surface area (Å²) in [7, 11) is 0. The smallest absolute Gasteiger partial charge is 0.340 e. The van der Waals surface area contributed by atoms with Crippen molar-refractivity contribution in [2.24, 2.45) is 0 Å². The molecule has 2 rings (SSSR count). The number of benzene rings is 1. The quantitative estimate of drug-likeness (QED) is 0.874. The highest BCUT2D eigenvalue weighted by atomic mass is 32.1. The topological polar surface area (TPSA) is 81.2 Å². The summed E-state index contributed by atoms with van der Waals surface area (Å²) in [5.74, 6) is -0.809. The van der Waals surface area contributed by atoms with Gasteiger partial charge in [-0.3, -0.25) is 4.79 Å². The highest BCUT2D eigenvalue weighted by Crippen LogP contribution is 2.19. The van der Waals surface area contributed by atoms with E-state index < -0.39 is 5.97 Å². The van der Waals surface area contributed by atoms with E-state index in [2.05, 4.69) is 14.9 Å². The molecular formula is C13H13N3O3S. The SMILES string of the molecule is CCOC(=O)c1ccccc1NC(=O)c1snnc1C. The Balaban J connectivity index is 2.24. The lowest BCUT2D eigenvalue weighted by Gasteiger charge is -2.09. The van der Waals surface area contributed by atoms with Crippen molar-refractivity contribution in [3.8, 4) is 0 Å². The summed E-state index contributed by atoms with van der Waals surface area (Å²) < 4.78 is 8.66. The lowest BCUT2D eigenvalue weighted by atomic mass is 10.1. The van der Waals surface area contributed by atoms with Crippen molar-refractivity contribution >= 4 is 29.1 Å². The Kier molecular flexibility index (Phi) is 4.41. The van der Waals surface area contributed by atoms with E-state index in [4.69, 9.17) is 4.74 Å². The van der Waals surface area contributed by atoms with Gasteiger partial charge in [-0.2, -0.15) is 0 Å². The third kappa shape index (κ3) is 3.00. The normalized spacial score (nSPS) is 10.1. The van der Waals surface area contributed by atoms with Crippen molar-refractivity contribution in [1.29, 1.82) is 0 Å². The van der Waals surface area contributed by atoms with Crippen LogP contribution in [0.5, 0.6) is 0 Å². The van der Waals surface area contributed by atoms with Crippen molar-refractivity contribution in [2.75, 3.05) is 11.9 Å². The second kappa shape index (κ2) is 6.25. The minimum atomic E-state index is -0.470. The summed E-state index contributed by atoms with van der Waals surface area (Å²) >= 11 is 1.01. The van der Waals surface area contributed by atoms with Gasteiger partial charge in [0.2, 0.25) is 0 Å². The van der Waals surface area contributed by atoms with Gasteiger partial charge in [0.05, 0.1) is 23.6 Å². The van der Waals surface area contributed by atoms with Gasteiger partial charge in [0.1, 0.15) is 4.88 Å². The van der Waals surface area contributed by atoms with Gasteiger partial charge in [-0.15, -0.1) is 5.10 Å². The van der Waals surface area contributed by atoms with E-state index in [1.807, 2.05) is 0 Å². The van der Waals surface area contributed by atoms with Crippen LogP contribution in [0.3, 0.4) is 0 Å². The first-order chi connectivity index (χ1) is 9.63. The molecule has 0 saturated carbocycles. The molecule has 0 fully saturated rings. The van der Waals surface area contributed by atoms with Gasteiger partial charge >= 0.3 is 5.97 Å². The zero-order chi connectivity index (χ0) is 14.5. The minimum absolute atomic E-state index is 0.277. The number of nitrogens with one attached hydrogen (secondary N) is 1. The summed E-state index contributed by atoms with van der Waals surface area (Å²) in [4.78, 5) is 24.3. The van der Waals surface area contributed by atoms with Crippen LogP contribution in [-0.2, 0) is 4.74 Å². The third-order valence-corrected chi connectivity index (χ3v) is 3.36. The molecule has 104 valence electrons. The van der Waals surface area contributed by atoms with Gasteiger partial charge in [-0.25, -0.2) is 4.79 Å². The Morgan fingerprint density at radius 1 is 1.35 bits per heavy atom. The molecular weight excluding hydrogens is 278 g/mol. The first-order valence-corrected chi connectivity index (χ1v) is 6.77. The molecule has 6 nitrogen and oxygen atoms in total. The maximum atomic E-state index is 12.1. The molecule has 1 aromatic carbocycles. The van der Waals surface area contributed by atoms with Crippen LogP contribution in [0.15, 0.2) is 24.3 Å². The van der Waals surface area contributed by atoms with Gasteiger partial charge < -0.3 is 10.1 Å². The zero-order valence-corrected chi connectivity index (χ0v) is 11.9. The Hall–Kier alpha value is -2.28. The van der Waals surface area contributed by atoms with Crippen molar-refractivity contribution < 1.29 is 14.3 Å². The lowest BCUT2D eigenvalue weighted by Crippen LogP contribution is -2.15. The predicted octanol–water partition coefficient (Wildman–Crippen LogP) is 2.28. The van der Waals surface area contributed by atoms with Crippen LogP contribution in [0.25, 0.3) is 0 Å². The van der Waals surface area contributed by atoms with Crippen molar-refractivity contribution in [3.63, 3.8) is 0 Å². The molecule has 0 aliphatic rings. The van der Waals surface area contributed by atoms with Crippen LogP contribution in [0.2, 0.25) is 0 Å². The largest absolute Gasteiger partial charge is 0.462 e. The number of amides is 1. The van der Waals surface area contributed by atoms with Crippen LogP contribution >= 0.6 is 11.5 Å². The maximum absolute atomic E-state index is 12.1. The molecule has 0 aliphatic carbocycles. The van der Waals surface area contributed by atoms with Crippen LogP contribution in [-0.4, -0.2) is 28.1 Å². The number of nitrogens with zero attached hydrogens (tertiary/aromatic N) is 2. The van der Waals surface area contributed by atoms with Crippen LogP contribution < -0.4 is 5.32 Å². The fourth-order valence-corrected chi connectivity index (χ4v) is 2.15. The zero-order valence-electron chi connectivity index (χ0n) is 11.0. The number of carbonyl (C=O) groups is 2. The Bertz CT molecular complexity index is 639. The molecule has 0 atom stereocenters. The monoisotopic (exact) mass is 291 g/mol. The van der Waals surface area contributed by atoms with E-state index in [0.717, 1.165) is 11.5 Å². The first kappa shape index (κ1) is 14.1. The number of rotatable bonds is 4. The van der Waals surface area contributed by atoms with E-state index in [0.29, 0.717) is 21.8 Å². The summed E-state index contributed by atoms with van der Waals surface area (Å²) in [5, 5.41) is 6.47. The molecule has 0 saturated heterocycles. The second-order valence-corrected chi connectivity index (χ2v) is 4.66. The standard InChI is InChI=1S/C13H13N3O3S/c1-3-19-13(18)9-6-4-5-7-10(9)14-12(17)11-8(2)15-16-20-11/h4-7H,3H2,1-2H3,(H,14,17). The number of para-hydroxylation sites is 1. The van der Waals surface area contributed by atoms with E-state index >= 15 is 0 Å². The number of hydrogen-bond donors (Lipinski definition) is 1. The minimum Gasteiger partial charge on any atom is -0.462 e. The Morgan fingerprint density at radius 2 is 2.10 bits per heavy atom. The molecule has 1 N–H and O–H groups in total. The number of carbonyl (C=O) groups excluding carboxylic acids is 2. The number of hydrogen-bond acceptors (Lipinski definition) is 6. The van der Waals surface area contributed by atoms with Gasteiger partial charge in [-0.05, 0) is 37.5 Å². The first-order valence-electron chi connectivity index (χ1n) is 6.00. The lowest BCUT2D eigenvalue weighted by molar-refractivity contribution is 0.0527. The van der Waals surface area contributed by atoms with E-state index in [1.165, 1.54) is 0 Å². The van der Waals surface area contributed by atoms with Gasteiger partial charge in [0.25, 0.3) is 5.91 Å². The maximum Gasteiger partial charge on any atom is 0.340 e. The molecule has 20 heavy (non-hydrogen) atoms. The van der Waals surface area contributed by atoms with Crippen LogP contribution in [0, 0.1) is 6.92 Å². The number of anilines is 1. The number of esters is 1. The van der Waals surface area contributed by atoms with E-state index in [9.17, 15) is 9.59 Å². The summed E-state index contributed by atoms with van der Waals surface area (Å²) in [6, 6.07) is 6.69. The highest BCUT2D eigenvalue weighted by molar-refractivity contribution is 7.08. The van der Waals surface area contributed by atoms with Crippen molar-refractivity contribution in [1.82, 2.24) is 9.59 Å². The van der Waals surface area contributed by atoms with Crippen molar-refractivity contribution in [2.45, 2.75) is 13.8 Å². The predicted molar refractivity (Wildman–Crippen MR) is 75.0 cm³/mol. The molecule has 0 bridgehead atoms. The van der Waals surface area contributed by atoms with Gasteiger partial charge in [0.15, 0.2) is 0 Å². The molecule has 0 spiro atoms. The Labute approximate surface area is 119 Å². The van der Waals surface area contributed by atoms with Crippen LogP contribution in [0.4, 0.5) is 5.69 Å². The number of aryl methyl sites for hydroxylation is 1. The van der Waals surface area contributed by atoms with Crippen molar-refractivity contribution in [3.05, 3.63) is 40.4 Å². The molecule has 0 radical (unpaired) electrons. The third-order valence-electron chi connectivity index (χ3n) is 2.53. The molecule has 1 heterocycles. The van der Waals surface area contributed by atoms with Gasteiger partial charge in [0, 0.05) is 0 Å².